The third-order valence-corrected chi connectivity index (χ3v) is 19.1. The Balaban J connectivity index is -0.00000156. The van der Waals surface area contributed by atoms with E-state index in [4.69, 9.17) is 0 Å². The van der Waals surface area contributed by atoms with Crippen molar-refractivity contribution in [2.75, 3.05) is 13.2 Å². The van der Waals surface area contributed by atoms with Crippen LogP contribution in [0, 0.1) is 11.8 Å². The molecule has 0 aromatic heterocycles. The molecule has 0 N–H and O–H groups in total. The largest absolute Gasteiger partial charge is 2.00 e. The topological polar surface area (TPSA) is 133 Å². The number of rotatable bonds is 72. The van der Waals surface area contributed by atoms with Crippen molar-refractivity contribution in [3.05, 3.63) is 0 Å². The van der Waals surface area contributed by atoms with E-state index >= 15 is 0 Å². The summed E-state index contributed by atoms with van der Waals surface area (Å²) in [5.74, 6) is 0.394. The zero-order chi connectivity index (χ0) is 61.7. The summed E-state index contributed by atoms with van der Waals surface area (Å²) in [5.41, 5.74) is 0. The Morgan fingerprint density at radius 2 is 0.318 bits per heavy atom. The van der Waals surface area contributed by atoms with E-state index in [9.17, 15) is 25.9 Å². The van der Waals surface area contributed by atoms with Crippen LogP contribution in [-0.2, 0) is 29.2 Å². The maximum atomic E-state index is 11.0. The van der Waals surface area contributed by atoms with E-state index in [1.54, 1.807) is 0 Å². The predicted molar refractivity (Wildman–Crippen MR) is 371 cm³/mol. The van der Waals surface area contributed by atoms with Gasteiger partial charge in [0.2, 0.25) is 20.8 Å². The molecular formula is C74H150CaO8S2. The van der Waals surface area contributed by atoms with Crippen LogP contribution in [0.25, 0.3) is 0 Å². The van der Waals surface area contributed by atoms with Gasteiger partial charge in [-0.05, 0) is 37.5 Å². The average Bonchev–Trinajstić information content (AvgIpc) is 3.47. The molecule has 0 saturated carbocycles. The molecule has 0 rings (SSSR count). The molecule has 0 aliphatic rings. The van der Waals surface area contributed by atoms with Crippen LogP contribution in [0.3, 0.4) is 0 Å². The molecule has 0 fully saturated rings. The van der Waals surface area contributed by atoms with Crippen LogP contribution in [0.2, 0.25) is 0 Å². The second kappa shape index (κ2) is 75.7. The van der Waals surface area contributed by atoms with Gasteiger partial charge in [0.05, 0.1) is 13.2 Å². The SMILES string of the molecule is CCCCCCCCCCCCCCCCCCCCCC(CCCCCCCCCCCCCC)COS(=O)(=O)[O-].CCCCCCCCCCCCCCCCCCCCCC(CCCCCCCCCCCCCC)COS(=O)(=O)[O-].[Ca+2]. The Labute approximate surface area is 564 Å². The Morgan fingerprint density at radius 1 is 0.212 bits per heavy atom. The van der Waals surface area contributed by atoms with Crippen molar-refractivity contribution in [1.82, 2.24) is 0 Å². The molecule has 0 aliphatic heterocycles. The number of hydrogen-bond donors (Lipinski definition) is 0. The molecule has 8 nitrogen and oxygen atoms in total. The van der Waals surface area contributed by atoms with Gasteiger partial charge in [-0.3, -0.25) is 8.37 Å². The first-order valence-electron chi connectivity index (χ1n) is 38.2. The summed E-state index contributed by atoms with van der Waals surface area (Å²) in [7, 11) is -9.18. The van der Waals surface area contributed by atoms with Crippen LogP contribution in [0.4, 0.5) is 0 Å². The molecular weight excluding hydrogens is 1120 g/mol. The minimum atomic E-state index is -4.59. The van der Waals surface area contributed by atoms with Crippen molar-refractivity contribution in [3.8, 4) is 0 Å². The second-order valence-corrected chi connectivity index (χ2v) is 28.9. The molecule has 0 spiro atoms. The minimum Gasteiger partial charge on any atom is -0.726 e. The Bertz CT molecular complexity index is 1330. The number of hydrogen-bond acceptors (Lipinski definition) is 8. The molecule has 0 saturated heterocycles. The molecule has 0 amide bonds. The quantitative estimate of drug-likeness (QED) is 0.0254. The number of unbranched alkanes of at least 4 members (excludes halogenated alkanes) is 58. The average molecular weight is 1270 g/mol. The van der Waals surface area contributed by atoms with E-state index in [0.29, 0.717) is 0 Å². The van der Waals surface area contributed by atoms with Crippen molar-refractivity contribution in [3.63, 3.8) is 0 Å². The summed E-state index contributed by atoms with van der Waals surface area (Å²) in [6, 6.07) is 0. The monoisotopic (exact) mass is 1270 g/mol. The van der Waals surface area contributed by atoms with E-state index in [2.05, 4.69) is 36.1 Å². The molecule has 0 radical (unpaired) electrons. The normalized spacial score (nSPS) is 12.6. The van der Waals surface area contributed by atoms with Gasteiger partial charge in [-0.1, -0.05) is 426 Å². The fourth-order valence-electron chi connectivity index (χ4n) is 12.6. The molecule has 0 aliphatic carbocycles. The summed E-state index contributed by atoms with van der Waals surface area (Å²) in [6.07, 6.45) is 87.8. The van der Waals surface area contributed by atoms with Gasteiger partial charge >= 0.3 is 37.7 Å². The summed E-state index contributed by atoms with van der Waals surface area (Å²) in [4.78, 5) is 0. The van der Waals surface area contributed by atoms with Crippen molar-refractivity contribution in [2.24, 2.45) is 11.8 Å². The van der Waals surface area contributed by atoms with Gasteiger partial charge in [-0.25, -0.2) is 16.8 Å². The zero-order valence-corrected chi connectivity index (χ0v) is 61.9. The third-order valence-electron chi connectivity index (χ3n) is 18.3. The van der Waals surface area contributed by atoms with Crippen LogP contribution in [0.1, 0.15) is 451 Å². The summed E-state index contributed by atoms with van der Waals surface area (Å²) in [5, 5.41) is 0. The fourth-order valence-corrected chi connectivity index (χ4v) is 13.3. The molecule has 508 valence electrons. The second-order valence-electron chi connectivity index (χ2n) is 26.8. The molecule has 2 atom stereocenters. The Hall–Kier alpha value is 1.000. The Kier molecular flexibility index (Phi) is 80.3. The maximum Gasteiger partial charge on any atom is 2.00 e. The van der Waals surface area contributed by atoms with E-state index in [1.807, 2.05) is 0 Å². The Morgan fingerprint density at radius 3 is 0.424 bits per heavy atom. The van der Waals surface area contributed by atoms with Crippen molar-refractivity contribution >= 4 is 58.5 Å². The third kappa shape index (κ3) is 85.0. The maximum absolute atomic E-state index is 11.0. The van der Waals surface area contributed by atoms with Gasteiger partial charge < -0.3 is 9.11 Å². The predicted octanol–water partition coefficient (Wildman–Crippen LogP) is 25.6. The van der Waals surface area contributed by atoms with Gasteiger partial charge in [-0.2, -0.15) is 0 Å². The van der Waals surface area contributed by atoms with Crippen molar-refractivity contribution in [2.45, 2.75) is 451 Å². The molecule has 0 bridgehead atoms. The standard InChI is InChI=1S/2C37H76O4S.Ca/c2*1-3-5-7-9-11-13-15-17-18-19-20-21-22-23-25-27-29-31-33-35-37(36-41-42(38,39)40)34-32-30-28-26-24-16-14-12-10-8-6-4-2;/h2*37H,3-36H2,1-2H3,(H,38,39,40);/q;;+2/p-2. The summed E-state index contributed by atoms with van der Waals surface area (Å²) < 4.78 is 75.2. The first kappa shape index (κ1) is 90.2. The molecule has 0 heterocycles. The van der Waals surface area contributed by atoms with Crippen LogP contribution < -0.4 is 0 Å². The first-order chi connectivity index (χ1) is 41.0. The molecule has 11 heteroatoms. The van der Waals surface area contributed by atoms with Gasteiger partial charge in [-0.15, -0.1) is 0 Å². The van der Waals surface area contributed by atoms with E-state index in [0.717, 1.165) is 51.4 Å². The van der Waals surface area contributed by atoms with Crippen molar-refractivity contribution in [1.29, 1.82) is 0 Å². The minimum absolute atomic E-state index is 0. The van der Waals surface area contributed by atoms with E-state index < -0.39 is 20.8 Å². The van der Waals surface area contributed by atoms with E-state index in [-0.39, 0.29) is 62.8 Å². The van der Waals surface area contributed by atoms with E-state index in [1.165, 1.54) is 372 Å². The van der Waals surface area contributed by atoms with Crippen LogP contribution in [0.5, 0.6) is 0 Å². The van der Waals surface area contributed by atoms with Crippen LogP contribution in [-0.4, -0.2) is 76.9 Å². The van der Waals surface area contributed by atoms with Gasteiger partial charge in [0.15, 0.2) is 0 Å². The van der Waals surface area contributed by atoms with Crippen LogP contribution >= 0.6 is 0 Å². The molecule has 85 heavy (non-hydrogen) atoms. The fraction of sp³-hybridized carbons (Fsp3) is 1.00. The molecule has 0 aromatic carbocycles. The van der Waals surface area contributed by atoms with Gasteiger partial charge in [0.25, 0.3) is 0 Å². The smallest absolute Gasteiger partial charge is 0.726 e. The zero-order valence-electron chi connectivity index (χ0n) is 58.0. The van der Waals surface area contributed by atoms with Crippen LogP contribution in [0.15, 0.2) is 0 Å². The first-order valence-corrected chi connectivity index (χ1v) is 40.9. The summed E-state index contributed by atoms with van der Waals surface area (Å²) >= 11 is 0. The van der Waals surface area contributed by atoms with Crippen molar-refractivity contribution < 1.29 is 34.3 Å². The molecule has 2 unspecified atom stereocenters. The van der Waals surface area contributed by atoms with Gasteiger partial charge in [0.1, 0.15) is 0 Å². The summed E-state index contributed by atoms with van der Waals surface area (Å²) in [6.45, 7) is 9.25. The molecule has 0 aromatic rings. The van der Waals surface area contributed by atoms with Gasteiger partial charge in [0, 0.05) is 0 Å².